The second-order valence-electron chi connectivity index (χ2n) is 14.4. The number of carbonyl (C=O) groups is 3. The normalized spacial score (nSPS) is 24.4. The van der Waals surface area contributed by atoms with Gasteiger partial charge in [0.15, 0.2) is 0 Å². The molecule has 2 saturated heterocycles. The number of hydrogen-bond donors (Lipinski definition) is 0. The minimum atomic E-state index is -2.13. The molecule has 2 fully saturated rings. The van der Waals surface area contributed by atoms with Crippen LogP contribution in [0.2, 0.25) is 22.9 Å². The Morgan fingerprint density at radius 2 is 1.43 bits per heavy atom. The third kappa shape index (κ3) is 8.11. The van der Waals surface area contributed by atoms with Gasteiger partial charge < -0.3 is 0 Å². The Balaban J connectivity index is 1.98. The van der Waals surface area contributed by atoms with Crippen molar-refractivity contribution in [2.45, 2.75) is 115 Å². The van der Waals surface area contributed by atoms with Crippen molar-refractivity contribution in [2.75, 3.05) is 13.1 Å². The molecule has 40 heavy (non-hydrogen) atoms. The van der Waals surface area contributed by atoms with Crippen molar-refractivity contribution in [3.05, 3.63) is 30.3 Å². The molecule has 2 aliphatic rings. The van der Waals surface area contributed by atoms with E-state index in [1.54, 1.807) is 25.7 Å². The van der Waals surface area contributed by atoms with Crippen LogP contribution < -0.4 is 4.46 Å². The quantitative estimate of drug-likeness (QED) is 0.390. The molecule has 0 aromatic heterocycles. The fraction of sp³-hybridized carbons (Fsp3) is 0.700. The van der Waals surface area contributed by atoms with E-state index >= 15 is 0 Å². The van der Waals surface area contributed by atoms with Crippen LogP contribution in [0.3, 0.4) is 0 Å². The molecule has 0 N–H and O–H groups in total. The zero-order chi connectivity index (χ0) is 30.3. The summed E-state index contributed by atoms with van der Waals surface area (Å²) in [5, 5.41) is 0.0115. The van der Waals surface area contributed by atoms with Crippen LogP contribution in [0.1, 0.15) is 68.7 Å². The summed E-state index contributed by atoms with van der Waals surface area (Å²) in [4.78, 5) is 43.1. The summed E-state index contributed by atoms with van der Waals surface area (Å²) < 4.78 is 19.3. The van der Waals surface area contributed by atoms with Gasteiger partial charge in [0.05, 0.1) is 0 Å². The van der Waals surface area contributed by atoms with E-state index in [4.69, 9.17) is 13.9 Å². The maximum absolute atomic E-state index is 13.8. The third-order valence-corrected chi connectivity index (χ3v) is 15.0. The molecule has 4 atom stereocenters. The van der Waals surface area contributed by atoms with Crippen molar-refractivity contribution in [3.63, 3.8) is 0 Å². The van der Waals surface area contributed by atoms with Gasteiger partial charge in [-0.1, -0.05) is 0 Å². The van der Waals surface area contributed by atoms with Gasteiger partial charge in [-0.2, -0.15) is 0 Å². The van der Waals surface area contributed by atoms with Crippen molar-refractivity contribution in [1.82, 2.24) is 9.80 Å². The number of amides is 3. The molecular formula is C30H48N2O6SeSi. The number of benzene rings is 1. The number of imide groups is 1. The first-order valence-corrected chi connectivity index (χ1v) is 18.9. The predicted molar refractivity (Wildman–Crippen MR) is 160 cm³/mol. The Kier molecular flexibility index (Phi) is 9.61. The predicted octanol–water partition coefficient (Wildman–Crippen LogP) is 5.60. The second-order valence-corrected chi connectivity index (χ2v) is 21.7. The summed E-state index contributed by atoms with van der Waals surface area (Å²) in [5.74, 6) is -0.498. The summed E-state index contributed by atoms with van der Waals surface area (Å²) in [7, 11) is -2.13. The van der Waals surface area contributed by atoms with Crippen LogP contribution in [-0.4, -0.2) is 87.6 Å². The summed E-state index contributed by atoms with van der Waals surface area (Å²) >= 11 is -0.252. The molecule has 1 aromatic carbocycles. The van der Waals surface area contributed by atoms with E-state index in [1.807, 2.05) is 51.1 Å². The van der Waals surface area contributed by atoms with Gasteiger partial charge in [0, 0.05) is 0 Å². The molecule has 0 spiro atoms. The van der Waals surface area contributed by atoms with E-state index in [0.717, 1.165) is 4.46 Å². The SMILES string of the molecule is CC(C)(C)OC(=O)N1C[C@@H]([C@@H]2C[C@@H](O[Si](C)(C)C(C)(C)C)CN2C(=O)OC(C)(C)C)C([Se]c2ccccc2)C1=O. The van der Waals surface area contributed by atoms with E-state index in [-0.39, 0.29) is 50.5 Å². The van der Waals surface area contributed by atoms with Gasteiger partial charge in [-0.05, 0) is 0 Å². The first-order chi connectivity index (χ1) is 18.2. The van der Waals surface area contributed by atoms with Crippen LogP contribution in [0.5, 0.6) is 0 Å². The Morgan fingerprint density at radius 3 is 1.95 bits per heavy atom. The molecule has 1 aromatic rings. The topological polar surface area (TPSA) is 85.4 Å². The van der Waals surface area contributed by atoms with Crippen LogP contribution in [0.15, 0.2) is 30.3 Å². The number of ether oxygens (including phenoxy) is 2. The summed E-state index contributed by atoms with van der Waals surface area (Å²) in [6.45, 7) is 22.5. The molecule has 2 aliphatic heterocycles. The monoisotopic (exact) mass is 640 g/mol. The molecule has 0 aliphatic carbocycles. The van der Waals surface area contributed by atoms with Crippen LogP contribution in [0.25, 0.3) is 0 Å². The molecule has 2 heterocycles. The van der Waals surface area contributed by atoms with Crippen LogP contribution >= 0.6 is 0 Å². The summed E-state index contributed by atoms with van der Waals surface area (Å²) in [6, 6.07) is 9.60. The Morgan fingerprint density at radius 1 is 0.875 bits per heavy atom. The van der Waals surface area contributed by atoms with E-state index in [2.05, 4.69) is 33.9 Å². The Hall–Kier alpha value is -1.87. The molecule has 8 nitrogen and oxygen atoms in total. The fourth-order valence-electron chi connectivity index (χ4n) is 4.76. The molecule has 0 radical (unpaired) electrons. The molecule has 224 valence electrons. The van der Waals surface area contributed by atoms with Crippen molar-refractivity contribution < 1.29 is 28.3 Å². The van der Waals surface area contributed by atoms with Crippen LogP contribution in [0.4, 0.5) is 9.59 Å². The molecular weight excluding hydrogens is 591 g/mol. The number of rotatable bonds is 5. The van der Waals surface area contributed by atoms with Gasteiger partial charge in [0.1, 0.15) is 0 Å². The van der Waals surface area contributed by atoms with Crippen LogP contribution in [0, 0.1) is 5.92 Å². The van der Waals surface area contributed by atoms with Gasteiger partial charge >= 0.3 is 248 Å². The van der Waals surface area contributed by atoms with E-state index in [0.29, 0.717) is 13.0 Å². The maximum atomic E-state index is 13.8. The average molecular weight is 640 g/mol. The number of nitrogens with zero attached hydrogens (tertiary/aromatic N) is 2. The molecule has 10 heteroatoms. The van der Waals surface area contributed by atoms with E-state index in [1.165, 1.54) is 4.90 Å². The van der Waals surface area contributed by atoms with Crippen molar-refractivity contribution in [1.29, 1.82) is 0 Å². The first kappa shape index (κ1) is 32.6. The van der Waals surface area contributed by atoms with Gasteiger partial charge in [-0.15, -0.1) is 0 Å². The van der Waals surface area contributed by atoms with Crippen LogP contribution in [-0.2, 0) is 18.7 Å². The molecule has 0 saturated carbocycles. The van der Waals surface area contributed by atoms with Gasteiger partial charge in [0.2, 0.25) is 0 Å². The number of likely N-dealkylation sites (tertiary alicyclic amines) is 2. The Labute approximate surface area is 247 Å². The van der Waals surface area contributed by atoms with Crippen molar-refractivity contribution in [3.8, 4) is 0 Å². The van der Waals surface area contributed by atoms with E-state index in [9.17, 15) is 14.4 Å². The molecule has 1 unspecified atom stereocenters. The number of hydrogen-bond acceptors (Lipinski definition) is 6. The van der Waals surface area contributed by atoms with Gasteiger partial charge in [-0.3, -0.25) is 0 Å². The fourth-order valence-corrected chi connectivity index (χ4v) is 8.80. The zero-order valence-electron chi connectivity index (χ0n) is 26.1. The summed E-state index contributed by atoms with van der Waals surface area (Å²) in [5.41, 5.74) is -1.39. The van der Waals surface area contributed by atoms with Crippen molar-refractivity contribution >= 4 is 45.8 Å². The standard InChI is InChI=1S/C30H48N2O6SeSi/c1-28(2,3)36-26(34)31-18-20(38-40(10,11)30(7,8)9)17-23(31)22-19-32(27(35)37-29(4,5)6)25(33)24(22)39-21-15-13-12-14-16-21/h12-16,20,22-24H,17-19H2,1-11H3/t20-,22+,23+,24?/m1/s1. The van der Waals surface area contributed by atoms with Gasteiger partial charge in [0.25, 0.3) is 0 Å². The summed E-state index contributed by atoms with van der Waals surface area (Å²) in [6.07, 6.45) is -0.626. The second kappa shape index (κ2) is 11.8. The molecule has 3 rings (SSSR count). The third-order valence-electron chi connectivity index (χ3n) is 7.61. The average Bonchev–Trinajstić information content (AvgIpc) is 3.32. The minimum absolute atomic E-state index is 0.0115. The first-order valence-electron chi connectivity index (χ1n) is 14.1. The van der Waals surface area contributed by atoms with Crippen molar-refractivity contribution in [2.24, 2.45) is 5.92 Å². The number of carbonyl (C=O) groups excluding carboxylic acids is 3. The molecule has 3 amide bonds. The van der Waals surface area contributed by atoms with Gasteiger partial charge in [-0.25, -0.2) is 0 Å². The molecule has 0 bridgehead atoms. The Bertz CT molecular complexity index is 1080. The zero-order valence-corrected chi connectivity index (χ0v) is 28.8. The van der Waals surface area contributed by atoms with E-state index < -0.39 is 36.5 Å².